The minimum absolute atomic E-state index is 0.0403. The minimum Gasteiger partial charge on any atom is -0.460 e. The molecule has 0 radical (unpaired) electrons. The minimum atomic E-state index is 0.0403. The second-order valence-electron chi connectivity index (χ2n) is 6.69. The number of thiophene rings is 1. The molecule has 5 nitrogen and oxygen atoms in total. The molecule has 7 heteroatoms. The van der Waals surface area contributed by atoms with Gasteiger partial charge in [-0.3, -0.25) is 0 Å². The maximum Gasteiger partial charge on any atom is 0.150 e. The number of hydrogen-bond donors (Lipinski definition) is 1. The van der Waals surface area contributed by atoms with Gasteiger partial charge in [0.15, 0.2) is 0 Å². The lowest BCUT2D eigenvalue weighted by Crippen LogP contribution is -2.10. The Morgan fingerprint density at radius 3 is 2.75 bits per heavy atom. The number of hydrazone groups is 1. The average Bonchev–Trinajstić information content (AvgIpc) is 3.47. The molecule has 0 spiro atoms. The van der Waals surface area contributed by atoms with Crippen LogP contribution in [0.15, 0.2) is 69.6 Å². The number of rotatable bonds is 4. The van der Waals surface area contributed by atoms with Crippen LogP contribution in [0.1, 0.15) is 29.5 Å². The van der Waals surface area contributed by atoms with Gasteiger partial charge in [0.2, 0.25) is 0 Å². The molecule has 0 aliphatic carbocycles. The molecule has 1 unspecified atom stereocenters. The van der Waals surface area contributed by atoms with Crippen molar-refractivity contribution in [1.29, 1.82) is 0 Å². The van der Waals surface area contributed by atoms with E-state index >= 15 is 0 Å². The number of furan rings is 1. The maximum absolute atomic E-state index is 6.03. The summed E-state index contributed by atoms with van der Waals surface area (Å²) in [6.45, 7) is 1.94. The Morgan fingerprint density at radius 1 is 1.18 bits per heavy atom. The van der Waals surface area contributed by atoms with Crippen LogP contribution in [0.4, 0.5) is 0 Å². The lowest BCUT2D eigenvalue weighted by atomic mass is 10.0. The second-order valence-corrected chi connectivity index (χ2v) is 8.07. The Morgan fingerprint density at radius 2 is 2.04 bits per heavy atom. The van der Waals surface area contributed by atoms with E-state index in [1.165, 1.54) is 0 Å². The zero-order chi connectivity index (χ0) is 19.1. The highest BCUT2D eigenvalue weighted by atomic mass is 35.5. The first-order valence-corrected chi connectivity index (χ1v) is 10.2. The summed E-state index contributed by atoms with van der Waals surface area (Å²) in [5.41, 5.74) is 7.24. The monoisotopic (exact) mass is 408 g/mol. The van der Waals surface area contributed by atoms with Gasteiger partial charge in [-0.2, -0.15) is 10.2 Å². The fourth-order valence-electron chi connectivity index (χ4n) is 3.34. The lowest BCUT2D eigenvalue weighted by Gasteiger charge is -2.08. The van der Waals surface area contributed by atoms with Crippen LogP contribution in [0.5, 0.6) is 0 Å². The van der Waals surface area contributed by atoms with Crippen LogP contribution in [0, 0.1) is 6.92 Å². The third-order valence-corrected chi connectivity index (χ3v) is 5.87. The molecule has 140 valence electrons. The Labute approximate surface area is 171 Å². The highest BCUT2D eigenvalue weighted by Gasteiger charge is 2.28. The number of aromatic nitrogens is 2. The molecule has 0 fully saturated rings. The van der Waals surface area contributed by atoms with Crippen molar-refractivity contribution in [1.82, 2.24) is 15.2 Å². The molecule has 1 N–H and O–H groups in total. The van der Waals surface area contributed by atoms with Crippen LogP contribution in [0.3, 0.4) is 0 Å². The van der Waals surface area contributed by atoms with Gasteiger partial charge in [0.1, 0.15) is 22.9 Å². The highest BCUT2D eigenvalue weighted by molar-refractivity contribution is 7.13. The quantitative estimate of drug-likeness (QED) is 0.478. The predicted octanol–water partition coefficient (Wildman–Crippen LogP) is 5.59. The third kappa shape index (κ3) is 3.15. The number of nitrogens with one attached hydrogen (secondary N) is 1. The van der Waals surface area contributed by atoms with Crippen molar-refractivity contribution < 1.29 is 4.42 Å². The molecule has 5 rings (SSSR count). The van der Waals surface area contributed by atoms with E-state index in [1.54, 1.807) is 11.3 Å². The number of aryl methyl sites for hydroxylation is 1. The Bertz CT molecular complexity index is 1140. The number of benzene rings is 1. The van der Waals surface area contributed by atoms with E-state index in [1.807, 2.05) is 54.1 Å². The van der Waals surface area contributed by atoms with Crippen LogP contribution in [-0.4, -0.2) is 15.5 Å². The molecular formula is C21H17ClN4OS. The largest absolute Gasteiger partial charge is 0.460 e. The molecule has 0 bridgehead atoms. The van der Waals surface area contributed by atoms with Gasteiger partial charge in [0.25, 0.3) is 0 Å². The van der Waals surface area contributed by atoms with E-state index in [0.717, 1.165) is 45.5 Å². The van der Waals surface area contributed by atoms with Crippen LogP contribution in [-0.2, 0) is 0 Å². The molecule has 1 aromatic carbocycles. The summed E-state index contributed by atoms with van der Waals surface area (Å²) < 4.78 is 7.64. The van der Waals surface area contributed by atoms with E-state index in [4.69, 9.17) is 21.1 Å². The fourth-order valence-corrected chi connectivity index (χ4v) is 4.20. The van der Waals surface area contributed by atoms with E-state index in [2.05, 4.69) is 28.2 Å². The van der Waals surface area contributed by atoms with Crippen molar-refractivity contribution in [2.45, 2.75) is 19.4 Å². The van der Waals surface area contributed by atoms with Crippen LogP contribution in [0.25, 0.3) is 16.3 Å². The molecule has 0 saturated carbocycles. The Kier molecular flexibility index (Phi) is 4.30. The normalized spacial score (nSPS) is 16.2. The Balaban J connectivity index is 1.51. The van der Waals surface area contributed by atoms with Crippen molar-refractivity contribution in [2.24, 2.45) is 5.10 Å². The van der Waals surface area contributed by atoms with Gasteiger partial charge in [-0.1, -0.05) is 17.7 Å². The topological polar surface area (TPSA) is 55.4 Å². The third-order valence-electron chi connectivity index (χ3n) is 4.74. The van der Waals surface area contributed by atoms with Crippen LogP contribution < -0.4 is 5.43 Å². The lowest BCUT2D eigenvalue weighted by molar-refractivity contribution is 0.524. The van der Waals surface area contributed by atoms with Gasteiger partial charge >= 0.3 is 0 Å². The molecule has 1 atom stereocenters. The fraction of sp³-hybridized carbons (Fsp3) is 0.143. The zero-order valence-electron chi connectivity index (χ0n) is 15.1. The standard InChI is InChI=1S/C21H17ClN4OS/c1-13-4-9-19(27-13)18-11-17(23-24-18)16-12-26(15-7-5-14(22)6-8-15)25-21(16)20-3-2-10-28-20/h2-10,12,17,23H,11H2,1H3. The molecule has 1 aliphatic heterocycles. The van der Waals surface area contributed by atoms with E-state index in [9.17, 15) is 0 Å². The first-order chi connectivity index (χ1) is 13.7. The molecule has 28 heavy (non-hydrogen) atoms. The predicted molar refractivity (Wildman–Crippen MR) is 112 cm³/mol. The van der Waals surface area contributed by atoms with Crippen molar-refractivity contribution in [3.8, 4) is 16.3 Å². The molecule has 1 aliphatic rings. The van der Waals surface area contributed by atoms with Crippen LogP contribution in [0.2, 0.25) is 5.02 Å². The summed E-state index contributed by atoms with van der Waals surface area (Å²) in [7, 11) is 0. The summed E-state index contributed by atoms with van der Waals surface area (Å²) >= 11 is 7.71. The van der Waals surface area contributed by atoms with Gasteiger partial charge < -0.3 is 9.84 Å². The zero-order valence-corrected chi connectivity index (χ0v) is 16.7. The molecule has 0 amide bonds. The first kappa shape index (κ1) is 17.3. The molecule has 4 heterocycles. The first-order valence-electron chi connectivity index (χ1n) is 8.95. The number of nitrogens with zero attached hydrogens (tertiary/aromatic N) is 3. The van der Waals surface area contributed by atoms with Crippen LogP contribution >= 0.6 is 22.9 Å². The summed E-state index contributed by atoms with van der Waals surface area (Å²) in [5.74, 6) is 1.70. The summed E-state index contributed by atoms with van der Waals surface area (Å²) in [6.07, 6.45) is 2.82. The molecule has 3 aromatic heterocycles. The average molecular weight is 409 g/mol. The highest BCUT2D eigenvalue weighted by Crippen LogP contribution is 2.35. The van der Waals surface area contributed by atoms with Crippen molar-refractivity contribution >= 4 is 28.6 Å². The van der Waals surface area contributed by atoms with Gasteiger partial charge in [0.05, 0.1) is 16.6 Å². The smallest absolute Gasteiger partial charge is 0.150 e. The summed E-state index contributed by atoms with van der Waals surface area (Å²) in [6, 6.07) is 15.8. The number of hydrogen-bond acceptors (Lipinski definition) is 5. The van der Waals surface area contributed by atoms with Gasteiger partial charge in [-0.15, -0.1) is 11.3 Å². The molecular weight excluding hydrogens is 392 g/mol. The van der Waals surface area contributed by atoms with Crippen molar-refractivity contribution in [3.63, 3.8) is 0 Å². The molecule has 4 aromatic rings. The van der Waals surface area contributed by atoms with Crippen molar-refractivity contribution in [2.75, 3.05) is 0 Å². The van der Waals surface area contributed by atoms with Gasteiger partial charge in [0, 0.05) is 23.2 Å². The summed E-state index contributed by atoms with van der Waals surface area (Å²) in [4.78, 5) is 1.13. The van der Waals surface area contributed by atoms with Crippen molar-refractivity contribution in [3.05, 3.63) is 82.2 Å². The molecule has 0 saturated heterocycles. The maximum atomic E-state index is 6.03. The van der Waals surface area contributed by atoms with E-state index < -0.39 is 0 Å². The van der Waals surface area contributed by atoms with Gasteiger partial charge in [-0.25, -0.2) is 4.68 Å². The second kappa shape index (κ2) is 6.96. The van der Waals surface area contributed by atoms with E-state index in [-0.39, 0.29) is 6.04 Å². The van der Waals surface area contributed by atoms with Gasteiger partial charge in [-0.05, 0) is 54.8 Å². The SMILES string of the molecule is Cc1ccc(C2=NNC(c3cn(-c4ccc(Cl)cc4)nc3-c3cccs3)C2)o1. The van der Waals surface area contributed by atoms with E-state index in [0.29, 0.717) is 5.02 Å². The Hall–Kier alpha value is -2.83. The summed E-state index contributed by atoms with van der Waals surface area (Å²) in [5, 5.41) is 12.2. The number of halogens is 1.